The van der Waals surface area contributed by atoms with Crippen LogP contribution in [0.5, 0.6) is 11.5 Å². The highest BCUT2D eigenvalue weighted by molar-refractivity contribution is 9.10. The van der Waals surface area contributed by atoms with Crippen molar-refractivity contribution in [3.63, 3.8) is 0 Å². The first-order valence-electron chi connectivity index (χ1n) is 6.09. The highest BCUT2D eigenvalue weighted by Crippen LogP contribution is 2.28. The number of hydrogen-bond acceptors (Lipinski definition) is 3. The molecule has 2 rings (SSSR count). The Hall–Kier alpha value is -1.81. The monoisotopic (exact) mass is 334 g/mol. The molecule has 0 saturated heterocycles. The standard InChI is InChI=1S/C16H15BrO3/c1-10-5-4-6-14(15(10)17)16(18)11-7-12(19-2)9-13(8-11)20-3/h4-9H,1-3H3. The lowest BCUT2D eigenvalue weighted by Crippen LogP contribution is -2.04. The van der Waals surface area contributed by atoms with Gasteiger partial charge >= 0.3 is 0 Å². The Bertz CT molecular complexity index is 628. The summed E-state index contributed by atoms with van der Waals surface area (Å²) in [7, 11) is 3.12. The quantitative estimate of drug-likeness (QED) is 0.792. The molecule has 0 saturated carbocycles. The number of methoxy groups -OCH3 is 2. The third-order valence-corrected chi connectivity index (χ3v) is 4.10. The maximum Gasteiger partial charge on any atom is 0.194 e. The van der Waals surface area contributed by atoms with Gasteiger partial charge in [0, 0.05) is 21.7 Å². The summed E-state index contributed by atoms with van der Waals surface area (Å²) >= 11 is 3.47. The van der Waals surface area contributed by atoms with Crippen molar-refractivity contribution in [3.8, 4) is 11.5 Å². The van der Waals surface area contributed by atoms with Crippen molar-refractivity contribution in [3.05, 3.63) is 57.6 Å². The maximum absolute atomic E-state index is 12.6. The van der Waals surface area contributed by atoms with Crippen molar-refractivity contribution in [2.24, 2.45) is 0 Å². The van der Waals surface area contributed by atoms with Crippen LogP contribution in [0.25, 0.3) is 0 Å². The molecule has 0 atom stereocenters. The molecule has 20 heavy (non-hydrogen) atoms. The summed E-state index contributed by atoms with van der Waals surface area (Å²) in [6.07, 6.45) is 0. The predicted octanol–water partition coefficient (Wildman–Crippen LogP) is 4.01. The Morgan fingerprint density at radius 2 is 1.65 bits per heavy atom. The number of rotatable bonds is 4. The summed E-state index contributed by atoms with van der Waals surface area (Å²) in [5.74, 6) is 1.12. The van der Waals surface area contributed by atoms with Crippen LogP contribution in [0.15, 0.2) is 40.9 Å². The summed E-state index contributed by atoms with van der Waals surface area (Å²) in [5, 5.41) is 0. The maximum atomic E-state index is 12.6. The second-order valence-electron chi connectivity index (χ2n) is 4.37. The van der Waals surface area contributed by atoms with Crippen molar-refractivity contribution >= 4 is 21.7 Å². The topological polar surface area (TPSA) is 35.5 Å². The first-order chi connectivity index (χ1) is 9.56. The van der Waals surface area contributed by atoms with Crippen LogP contribution in [0.2, 0.25) is 0 Å². The molecular formula is C16H15BrO3. The van der Waals surface area contributed by atoms with E-state index in [0.717, 1.165) is 10.0 Å². The van der Waals surface area contributed by atoms with Gasteiger partial charge in [0.25, 0.3) is 0 Å². The molecule has 0 bridgehead atoms. The van der Waals surface area contributed by atoms with E-state index in [4.69, 9.17) is 9.47 Å². The number of aryl methyl sites for hydroxylation is 1. The van der Waals surface area contributed by atoms with Gasteiger partial charge < -0.3 is 9.47 Å². The minimum atomic E-state index is -0.0715. The third-order valence-electron chi connectivity index (χ3n) is 3.05. The molecule has 0 N–H and O–H groups in total. The average molecular weight is 335 g/mol. The van der Waals surface area contributed by atoms with Gasteiger partial charge in [0.05, 0.1) is 14.2 Å². The summed E-state index contributed by atoms with van der Waals surface area (Å²) in [6.45, 7) is 1.95. The highest BCUT2D eigenvalue weighted by Gasteiger charge is 2.15. The zero-order chi connectivity index (χ0) is 14.7. The van der Waals surface area contributed by atoms with Gasteiger partial charge in [-0.25, -0.2) is 0 Å². The molecule has 2 aromatic rings. The zero-order valence-electron chi connectivity index (χ0n) is 11.6. The van der Waals surface area contributed by atoms with Crippen LogP contribution in [-0.4, -0.2) is 20.0 Å². The van der Waals surface area contributed by atoms with Gasteiger partial charge in [-0.2, -0.15) is 0 Å². The molecule has 0 heterocycles. The van der Waals surface area contributed by atoms with Gasteiger partial charge in [0.2, 0.25) is 0 Å². The van der Waals surface area contributed by atoms with Crippen molar-refractivity contribution in [2.75, 3.05) is 14.2 Å². The Kier molecular flexibility index (Phi) is 4.45. The molecule has 0 aliphatic heterocycles. The van der Waals surface area contributed by atoms with E-state index >= 15 is 0 Å². The SMILES string of the molecule is COc1cc(OC)cc(C(=O)c2cccc(C)c2Br)c1. The van der Waals surface area contributed by atoms with Crippen LogP contribution in [-0.2, 0) is 0 Å². The van der Waals surface area contributed by atoms with Gasteiger partial charge in [-0.15, -0.1) is 0 Å². The number of hydrogen-bond donors (Lipinski definition) is 0. The number of ether oxygens (including phenoxy) is 2. The summed E-state index contributed by atoms with van der Waals surface area (Å²) in [5.41, 5.74) is 2.18. The first-order valence-corrected chi connectivity index (χ1v) is 6.89. The smallest absolute Gasteiger partial charge is 0.194 e. The Morgan fingerprint density at radius 1 is 1.05 bits per heavy atom. The van der Waals surface area contributed by atoms with Crippen LogP contribution >= 0.6 is 15.9 Å². The summed E-state index contributed by atoms with van der Waals surface area (Å²) in [4.78, 5) is 12.6. The van der Waals surface area contributed by atoms with E-state index in [1.807, 2.05) is 19.1 Å². The molecule has 4 heteroatoms. The highest BCUT2D eigenvalue weighted by atomic mass is 79.9. The number of halogens is 1. The normalized spacial score (nSPS) is 10.2. The largest absolute Gasteiger partial charge is 0.497 e. The molecule has 0 fully saturated rings. The molecule has 0 amide bonds. The van der Waals surface area contributed by atoms with Crippen LogP contribution in [0.4, 0.5) is 0 Å². The third kappa shape index (κ3) is 2.85. The Morgan fingerprint density at radius 3 is 2.20 bits per heavy atom. The van der Waals surface area contributed by atoms with E-state index in [0.29, 0.717) is 22.6 Å². The number of carbonyl (C=O) groups excluding carboxylic acids is 1. The second kappa shape index (κ2) is 6.09. The molecule has 3 nitrogen and oxygen atoms in total. The number of benzene rings is 2. The van der Waals surface area contributed by atoms with Crippen molar-refractivity contribution in [1.29, 1.82) is 0 Å². The zero-order valence-corrected chi connectivity index (χ0v) is 13.2. The van der Waals surface area contributed by atoms with Gasteiger partial charge in [-0.1, -0.05) is 12.1 Å². The number of ketones is 1. The number of carbonyl (C=O) groups is 1. The fourth-order valence-corrected chi connectivity index (χ4v) is 2.36. The summed E-state index contributed by atoms with van der Waals surface area (Å²) in [6, 6.07) is 10.8. The molecule has 0 aliphatic rings. The van der Waals surface area contributed by atoms with Gasteiger partial charge in [0.15, 0.2) is 5.78 Å². The molecule has 0 radical (unpaired) electrons. The second-order valence-corrected chi connectivity index (χ2v) is 5.16. The molecule has 2 aromatic carbocycles. The van der Waals surface area contributed by atoms with Crippen molar-refractivity contribution < 1.29 is 14.3 Å². The molecular weight excluding hydrogens is 320 g/mol. The van der Waals surface area contributed by atoms with E-state index in [1.165, 1.54) is 0 Å². The first kappa shape index (κ1) is 14.6. The van der Waals surface area contributed by atoms with E-state index in [-0.39, 0.29) is 5.78 Å². The molecule has 104 valence electrons. The summed E-state index contributed by atoms with van der Waals surface area (Å²) < 4.78 is 11.2. The van der Waals surface area contributed by atoms with Crippen molar-refractivity contribution in [1.82, 2.24) is 0 Å². The van der Waals surface area contributed by atoms with Crippen LogP contribution in [0.1, 0.15) is 21.5 Å². The van der Waals surface area contributed by atoms with Gasteiger partial charge in [-0.05, 0) is 46.6 Å². The fraction of sp³-hybridized carbons (Fsp3) is 0.188. The average Bonchev–Trinajstić information content (AvgIpc) is 2.48. The minimum absolute atomic E-state index is 0.0715. The van der Waals surface area contributed by atoms with Gasteiger partial charge in [0.1, 0.15) is 11.5 Å². The molecule has 0 aliphatic carbocycles. The minimum Gasteiger partial charge on any atom is -0.497 e. The van der Waals surface area contributed by atoms with Crippen LogP contribution in [0.3, 0.4) is 0 Å². The van der Waals surface area contributed by atoms with E-state index in [1.54, 1.807) is 38.5 Å². The Labute approximate surface area is 126 Å². The predicted molar refractivity (Wildman–Crippen MR) is 81.9 cm³/mol. The van der Waals surface area contributed by atoms with Gasteiger partial charge in [-0.3, -0.25) is 4.79 Å². The molecule has 0 unspecified atom stereocenters. The molecule has 0 aromatic heterocycles. The van der Waals surface area contributed by atoms with E-state index in [2.05, 4.69) is 15.9 Å². The van der Waals surface area contributed by atoms with E-state index < -0.39 is 0 Å². The van der Waals surface area contributed by atoms with Crippen LogP contribution < -0.4 is 9.47 Å². The lowest BCUT2D eigenvalue weighted by molar-refractivity contribution is 0.103. The lowest BCUT2D eigenvalue weighted by Gasteiger charge is -2.10. The molecule has 0 spiro atoms. The lowest BCUT2D eigenvalue weighted by atomic mass is 10.0. The van der Waals surface area contributed by atoms with Crippen LogP contribution in [0, 0.1) is 6.92 Å². The Balaban J connectivity index is 2.50. The van der Waals surface area contributed by atoms with Crippen molar-refractivity contribution in [2.45, 2.75) is 6.92 Å². The van der Waals surface area contributed by atoms with E-state index in [9.17, 15) is 4.79 Å². The fourth-order valence-electron chi connectivity index (χ4n) is 1.92.